The van der Waals surface area contributed by atoms with Crippen LogP contribution < -0.4 is 0 Å². The second-order valence-electron chi connectivity index (χ2n) is 3.34. The molecule has 0 saturated carbocycles. The molecule has 0 fully saturated rings. The first-order valence-electron chi connectivity index (χ1n) is 4.76. The number of allylic oxidation sites excluding steroid dienone is 1. The van der Waals surface area contributed by atoms with Gasteiger partial charge < -0.3 is 4.74 Å². The SMILES string of the molecule is C=C(C)OC(=O)c1ncc2ccccc2n1. The topological polar surface area (TPSA) is 52.1 Å². The molecule has 0 saturated heterocycles. The Morgan fingerprint density at radius 2 is 2.12 bits per heavy atom. The lowest BCUT2D eigenvalue weighted by Crippen LogP contribution is -2.08. The fourth-order valence-electron chi connectivity index (χ4n) is 1.27. The average Bonchev–Trinajstić information content (AvgIpc) is 2.27. The van der Waals surface area contributed by atoms with Crippen molar-refractivity contribution in [3.63, 3.8) is 0 Å². The Morgan fingerprint density at radius 3 is 2.88 bits per heavy atom. The molecule has 80 valence electrons. The number of rotatable bonds is 2. The summed E-state index contributed by atoms with van der Waals surface area (Å²) in [6.07, 6.45) is 1.59. The standard InChI is InChI=1S/C12H10N2O2/c1-8(2)16-12(15)11-13-7-9-5-3-4-6-10(9)14-11/h3-7H,1H2,2H3. The fourth-order valence-corrected chi connectivity index (χ4v) is 1.27. The number of esters is 1. The van der Waals surface area contributed by atoms with Gasteiger partial charge in [0.15, 0.2) is 0 Å². The van der Waals surface area contributed by atoms with Crippen LogP contribution in [0, 0.1) is 0 Å². The van der Waals surface area contributed by atoms with Gasteiger partial charge in [0.25, 0.3) is 0 Å². The quantitative estimate of drug-likeness (QED) is 0.568. The zero-order chi connectivity index (χ0) is 11.5. The van der Waals surface area contributed by atoms with Gasteiger partial charge in [0.1, 0.15) is 0 Å². The van der Waals surface area contributed by atoms with Gasteiger partial charge in [-0.05, 0) is 13.0 Å². The van der Waals surface area contributed by atoms with Gasteiger partial charge in [-0.25, -0.2) is 14.8 Å². The molecule has 4 heteroatoms. The van der Waals surface area contributed by atoms with Crippen molar-refractivity contribution in [3.8, 4) is 0 Å². The number of carbonyl (C=O) groups excluding carboxylic acids is 1. The van der Waals surface area contributed by atoms with Gasteiger partial charge in [-0.15, -0.1) is 0 Å². The molecule has 0 aliphatic heterocycles. The Kier molecular flexibility index (Phi) is 2.64. The van der Waals surface area contributed by atoms with E-state index < -0.39 is 5.97 Å². The fraction of sp³-hybridized carbons (Fsp3) is 0.0833. The molecular weight excluding hydrogens is 204 g/mol. The summed E-state index contributed by atoms with van der Waals surface area (Å²) in [7, 11) is 0. The number of carbonyl (C=O) groups is 1. The van der Waals surface area contributed by atoms with Crippen LogP contribution in [0.1, 0.15) is 17.5 Å². The smallest absolute Gasteiger partial charge is 0.381 e. The van der Waals surface area contributed by atoms with E-state index in [4.69, 9.17) is 4.74 Å². The zero-order valence-corrected chi connectivity index (χ0v) is 8.80. The normalized spacial score (nSPS) is 10.1. The third-order valence-corrected chi connectivity index (χ3v) is 1.94. The van der Waals surface area contributed by atoms with Crippen LogP contribution in [0.3, 0.4) is 0 Å². The number of nitrogens with zero attached hydrogens (tertiary/aromatic N) is 2. The molecule has 0 spiro atoms. The van der Waals surface area contributed by atoms with Crippen LogP contribution in [0.25, 0.3) is 10.9 Å². The Hall–Kier alpha value is -2.23. The summed E-state index contributed by atoms with van der Waals surface area (Å²) in [6.45, 7) is 5.08. The molecule has 1 heterocycles. The molecule has 1 aromatic heterocycles. The lowest BCUT2D eigenvalue weighted by molar-refractivity contribution is 0.0614. The molecule has 0 aliphatic carbocycles. The molecule has 0 N–H and O–H groups in total. The van der Waals surface area contributed by atoms with E-state index >= 15 is 0 Å². The van der Waals surface area contributed by atoms with Crippen molar-refractivity contribution in [1.82, 2.24) is 9.97 Å². The maximum absolute atomic E-state index is 11.5. The van der Waals surface area contributed by atoms with Crippen LogP contribution in [0.15, 0.2) is 42.8 Å². The number of benzene rings is 1. The van der Waals surface area contributed by atoms with E-state index in [9.17, 15) is 4.79 Å². The molecule has 0 atom stereocenters. The number of para-hydroxylation sites is 1. The monoisotopic (exact) mass is 214 g/mol. The number of hydrogen-bond donors (Lipinski definition) is 0. The van der Waals surface area contributed by atoms with E-state index in [0.717, 1.165) is 5.39 Å². The van der Waals surface area contributed by atoms with E-state index in [0.29, 0.717) is 11.3 Å². The number of hydrogen-bond acceptors (Lipinski definition) is 4. The zero-order valence-electron chi connectivity index (χ0n) is 8.80. The van der Waals surface area contributed by atoms with Crippen molar-refractivity contribution in [2.45, 2.75) is 6.92 Å². The van der Waals surface area contributed by atoms with Crippen LogP contribution in [-0.2, 0) is 4.74 Å². The van der Waals surface area contributed by atoms with E-state index in [1.54, 1.807) is 13.1 Å². The highest BCUT2D eigenvalue weighted by molar-refractivity contribution is 5.88. The van der Waals surface area contributed by atoms with Gasteiger partial charge in [0.05, 0.1) is 11.3 Å². The van der Waals surface area contributed by atoms with Gasteiger partial charge in [0, 0.05) is 11.6 Å². The van der Waals surface area contributed by atoms with Gasteiger partial charge in [0.2, 0.25) is 5.82 Å². The molecule has 4 nitrogen and oxygen atoms in total. The molecule has 0 radical (unpaired) electrons. The first-order valence-corrected chi connectivity index (χ1v) is 4.76. The Bertz CT molecular complexity index is 564. The summed E-state index contributed by atoms with van der Waals surface area (Å²) >= 11 is 0. The van der Waals surface area contributed by atoms with Crippen LogP contribution >= 0.6 is 0 Å². The van der Waals surface area contributed by atoms with Crippen molar-refractivity contribution in [2.24, 2.45) is 0 Å². The molecule has 0 aliphatic rings. The first-order chi connectivity index (χ1) is 7.66. The number of ether oxygens (including phenoxy) is 1. The summed E-state index contributed by atoms with van der Waals surface area (Å²) in [5.41, 5.74) is 0.714. The summed E-state index contributed by atoms with van der Waals surface area (Å²) in [6, 6.07) is 7.43. The summed E-state index contributed by atoms with van der Waals surface area (Å²) in [5, 5.41) is 0.884. The molecule has 0 bridgehead atoms. The maximum Gasteiger partial charge on any atom is 0.381 e. The predicted molar refractivity (Wildman–Crippen MR) is 59.8 cm³/mol. The van der Waals surface area contributed by atoms with E-state index in [1.165, 1.54) is 0 Å². The highest BCUT2D eigenvalue weighted by atomic mass is 16.5. The van der Waals surface area contributed by atoms with E-state index in [2.05, 4.69) is 16.5 Å². The molecule has 0 amide bonds. The summed E-state index contributed by atoms with van der Waals surface area (Å²) in [5.74, 6) is -0.221. The first kappa shape index (κ1) is 10.3. The lowest BCUT2D eigenvalue weighted by atomic mass is 10.2. The maximum atomic E-state index is 11.5. The molecule has 1 aromatic carbocycles. The molecule has 0 unspecified atom stereocenters. The minimum atomic E-state index is -0.585. The van der Waals surface area contributed by atoms with Gasteiger partial charge in [-0.3, -0.25) is 0 Å². The van der Waals surface area contributed by atoms with Gasteiger partial charge in [-0.2, -0.15) is 0 Å². The van der Waals surface area contributed by atoms with Crippen LogP contribution in [0.2, 0.25) is 0 Å². The van der Waals surface area contributed by atoms with Crippen molar-refractivity contribution in [3.05, 3.63) is 48.6 Å². The van der Waals surface area contributed by atoms with E-state index in [-0.39, 0.29) is 5.82 Å². The predicted octanol–water partition coefficient (Wildman–Crippen LogP) is 2.32. The number of aromatic nitrogens is 2. The minimum Gasteiger partial charge on any atom is -0.426 e. The number of fused-ring (bicyclic) bond motifs is 1. The Morgan fingerprint density at radius 1 is 1.38 bits per heavy atom. The second-order valence-corrected chi connectivity index (χ2v) is 3.34. The van der Waals surface area contributed by atoms with Gasteiger partial charge >= 0.3 is 5.97 Å². The largest absolute Gasteiger partial charge is 0.426 e. The molecule has 2 aromatic rings. The third-order valence-electron chi connectivity index (χ3n) is 1.94. The Balaban J connectivity index is 2.39. The molecular formula is C12H10N2O2. The highest BCUT2D eigenvalue weighted by Crippen LogP contribution is 2.10. The minimum absolute atomic E-state index is 0.0432. The lowest BCUT2D eigenvalue weighted by Gasteiger charge is -2.02. The highest BCUT2D eigenvalue weighted by Gasteiger charge is 2.11. The molecule has 16 heavy (non-hydrogen) atoms. The van der Waals surface area contributed by atoms with Crippen LogP contribution in [-0.4, -0.2) is 15.9 Å². The summed E-state index contributed by atoms with van der Waals surface area (Å²) in [4.78, 5) is 19.5. The summed E-state index contributed by atoms with van der Waals surface area (Å²) < 4.78 is 4.83. The second kappa shape index (κ2) is 4.10. The molecule has 2 rings (SSSR count). The third kappa shape index (κ3) is 2.06. The van der Waals surface area contributed by atoms with Crippen molar-refractivity contribution >= 4 is 16.9 Å². The van der Waals surface area contributed by atoms with Crippen molar-refractivity contribution in [2.75, 3.05) is 0 Å². The van der Waals surface area contributed by atoms with Crippen molar-refractivity contribution < 1.29 is 9.53 Å². The van der Waals surface area contributed by atoms with Crippen LogP contribution in [0.4, 0.5) is 0 Å². The van der Waals surface area contributed by atoms with Crippen molar-refractivity contribution in [1.29, 1.82) is 0 Å². The Labute approximate surface area is 92.6 Å². The van der Waals surface area contributed by atoms with Crippen LogP contribution in [0.5, 0.6) is 0 Å². The van der Waals surface area contributed by atoms with E-state index in [1.807, 2.05) is 24.3 Å². The van der Waals surface area contributed by atoms with Gasteiger partial charge in [-0.1, -0.05) is 24.8 Å². The average molecular weight is 214 g/mol.